The summed E-state index contributed by atoms with van der Waals surface area (Å²) in [7, 11) is 0. The second-order valence-electron chi connectivity index (χ2n) is 7.97. The number of fused-ring (bicyclic) bond motifs is 1. The fourth-order valence-corrected chi connectivity index (χ4v) is 4.07. The Bertz CT molecular complexity index is 1080. The highest BCUT2D eigenvalue weighted by molar-refractivity contribution is 5.91. The number of nitrogens with one attached hydrogen (secondary N) is 1. The van der Waals surface area contributed by atoms with Crippen molar-refractivity contribution >= 4 is 22.8 Å². The van der Waals surface area contributed by atoms with Crippen LogP contribution in [0.25, 0.3) is 22.2 Å². The summed E-state index contributed by atoms with van der Waals surface area (Å²) in [6.45, 7) is 2.36. The lowest BCUT2D eigenvalue weighted by Crippen LogP contribution is -2.34. The molecule has 1 aliphatic rings. The van der Waals surface area contributed by atoms with Gasteiger partial charge in [0.15, 0.2) is 0 Å². The van der Waals surface area contributed by atoms with E-state index in [2.05, 4.69) is 4.98 Å². The number of hydrogen-bond acceptors (Lipinski definition) is 2. The smallest absolute Gasteiger partial charge is 0.311 e. The molecule has 0 radical (unpaired) electrons. The van der Waals surface area contributed by atoms with Gasteiger partial charge in [0, 0.05) is 36.1 Å². The molecule has 1 unspecified atom stereocenters. The van der Waals surface area contributed by atoms with Gasteiger partial charge >= 0.3 is 5.97 Å². The van der Waals surface area contributed by atoms with Crippen LogP contribution in [0.1, 0.15) is 25.3 Å². The second kappa shape index (κ2) is 7.35. The van der Waals surface area contributed by atoms with Crippen LogP contribution in [-0.4, -0.2) is 40.0 Å². The number of aliphatic carboxylic acids is 1. The molecule has 2 N–H and O–H groups in total. The molecule has 1 aromatic heterocycles. The van der Waals surface area contributed by atoms with Gasteiger partial charge in [-0.2, -0.15) is 0 Å². The van der Waals surface area contributed by atoms with Crippen LogP contribution in [0, 0.1) is 11.2 Å². The zero-order valence-corrected chi connectivity index (χ0v) is 16.2. The van der Waals surface area contributed by atoms with Crippen LogP contribution in [0.3, 0.4) is 0 Å². The summed E-state index contributed by atoms with van der Waals surface area (Å²) in [5.41, 5.74) is 2.71. The van der Waals surface area contributed by atoms with E-state index in [1.165, 1.54) is 12.1 Å². The van der Waals surface area contributed by atoms with Gasteiger partial charge in [-0.3, -0.25) is 9.59 Å². The molecule has 0 saturated carbocycles. The number of likely N-dealkylation sites (tertiary alicyclic amines) is 1. The molecule has 2 heterocycles. The molecule has 1 saturated heterocycles. The van der Waals surface area contributed by atoms with Gasteiger partial charge in [-0.15, -0.1) is 0 Å². The van der Waals surface area contributed by atoms with Gasteiger partial charge in [-0.05, 0) is 49.1 Å². The number of benzene rings is 2. The molecule has 150 valence electrons. The number of rotatable bonds is 5. The fraction of sp³-hybridized carbons (Fsp3) is 0.304. The molecule has 1 fully saturated rings. The van der Waals surface area contributed by atoms with Crippen LogP contribution in [-0.2, 0) is 16.0 Å². The zero-order chi connectivity index (χ0) is 20.6. The van der Waals surface area contributed by atoms with Crippen LogP contribution in [0.2, 0.25) is 0 Å². The molecule has 0 spiro atoms. The van der Waals surface area contributed by atoms with E-state index in [4.69, 9.17) is 0 Å². The minimum atomic E-state index is -0.880. The molecular weight excluding hydrogens is 371 g/mol. The number of aryl methyl sites for hydroxylation is 1. The Morgan fingerprint density at radius 3 is 2.66 bits per heavy atom. The summed E-state index contributed by atoms with van der Waals surface area (Å²) < 4.78 is 13.9. The normalized spacial score (nSPS) is 19.0. The van der Waals surface area contributed by atoms with Crippen LogP contribution in [0.5, 0.6) is 0 Å². The molecule has 1 atom stereocenters. The van der Waals surface area contributed by atoms with Crippen molar-refractivity contribution in [1.82, 2.24) is 9.88 Å². The predicted octanol–water partition coefficient (Wildman–Crippen LogP) is 4.23. The lowest BCUT2D eigenvalue weighted by Gasteiger charge is -2.20. The van der Waals surface area contributed by atoms with E-state index in [1.807, 2.05) is 30.3 Å². The number of carboxylic acid groups (broad SMARTS) is 1. The maximum Gasteiger partial charge on any atom is 0.311 e. The molecule has 3 aromatic rings. The largest absolute Gasteiger partial charge is 0.481 e. The Morgan fingerprint density at radius 1 is 1.21 bits per heavy atom. The maximum absolute atomic E-state index is 13.9. The highest BCUT2D eigenvalue weighted by atomic mass is 19.1. The average Bonchev–Trinajstić information content (AvgIpc) is 3.28. The summed E-state index contributed by atoms with van der Waals surface area (Å²) in [6.07, 6.45) is 1.16. The quantitative estimate of drug-likeness (QED) is 0.680. The van der Waals surface area contributed by atoms with E-state index < -0.39 is 11.4 Å². The third-order valence-electron chi connectivity index (χ3n) is 5.86. The minimum absolute atomic E-state index is 0.0697. The SMILES string of the molecule is CC1(C(=O)O)CCN(C(=O)CCc2c(-c3ccccc3)[nH]c3ccc(F)cc23)C1. The average molecular weight is 394 g/mol. The van der Waals surface area contributed by atoms with E-state index in [1.54, 1.807) is 17.9 Å². The molecule has 6 heteroatoms. The van der Waals surface area contributed by atoms with E-state index in [-0.39, 0.29) is 24.7 Å². The highest BCUT2D eigenvalue weighted by Gasteiger charge is 2.41. The van der Waals surface area contributed by atoms with Crippen LogP contribution >= 0.6 is 0 Å². The first-order valence-electron chi connectivity index (χ1n) is 9.74. The molecule has 1 aliphatic heterocycles. The first-order valence-corrected chi connectivity index (χ1v) is 9.74. The molecule has 0 bridgehead atoms. The second-order valence-corrected chi connectivity index (χ2v) is 7.97. The maximum atomic E-state index is 13.9. The number of aromatic amines is 1. The van der Waals surface area contributed by atoms with Crippen LogP contribution < -0.4 is 0 Å². The number of H-pyrrole nitrogens is 1. The number of hydrogen-bond donors (Lipinski definition) is 2. The number of aromatic nitrogens is 1. The molecule has 29 heavy (non-hydrogen) atoms. The Balaban J connectivity index is 1.60. The fourth-order valence-electron chi connectivity index (χ4n) is 4.07. The number of carboxylic acids is 1. The van der Waals surface area contributed by atoms with Crippen LogP contribution in [0.15, 0.2) is 48.5 Å². The van der Waals surface area contributed by atoms with E-state index >= 15 is 0 Å². The van der Waals surface area contributed by atoms with Crippen molar-refractivity contribution in [1.29, 1.82) is 0 Å². The molecule has 2 aromatic carbocycles. The third kappa shape index (κ3) is 3.62. The topological polar surface area (TPSA) is 73.4 Å². The van der Waals surface area contributed by atoms with Gasteiger partial charge < -0.3 is 15.0 Å². The van der Waals surface area contributed by atoms with E-state index in [0.717, 1.165) is 27.7 Å². The van der Waals surface area contributed by atoms with Crippen LogP contribution in [0.4, 0.5) is 4.39 Å². The summed E-state index contributed by atoms with van der Waals surface area (Å²) >= 11 is 0. The molecule has 5 nitrogen and oxygen atoms in total. The van der Waals surface area contributed by atoms with Gasteiger partial charge in [0.1, 0.15) is 5.82 Å². The summed E-state index contributed by atoms with van der Waals surface area (Å²) in [6, 6.07) is 14.4. The first kappa shape index (κ1) is 19.2. The van der Waals surface area contributed by atoms with E-state index in [0.29, 0.717) is 19.4 Å². The lowest BCUT2D eigenvalue weighted by molar-refractivity contribution is -0.147. The molecular formula is C23H23FN2O3. The Kier molecular flexibility index (Phi) is 4.86. The number of nitrogens with zero attached hydrogens (tertiary/aromatic N) is 1. The van der Waals surface area contributed by atoms with Crippen molar-refractivity contribution in [3.63, 3.8) is 0 Å². The minimum Gasteiger partial charge on any atom is -0.481 e. The van der Waals surface area contributed by atoms with Crippen molar-refractivity contribution in [3.05, 3.63) is 59.9 Å². The zero-order valence-electron chi connectivity index (χ0n) is 16.2. The standard InChI is InChI=1S/C23H23FN2O3/c1-23(22(28)29)11-12-26(14-23)20(27)10-8-17-18-13-16(24)7-9-19(18)25-21(17)15-5-3-2-4-6-15/h2-7,9,13,25H,8,10-12,14H2,1H3,(H,28,29). The molecule has 4 rings (SSSR count). The van der Waals surface area contributed by atoms with Crippen molar-refractivity contribution < 1.29 is 19.1 Å². The lowest BCUT2D eigenvalue weighted by atomic mass is 9.90. The Morgan fingerprint density at radius 2 is 1.97 bits per heavy atom. The first-order chi connectivity index (χ1) is 13.9. The summed E-state index contributed by atoms with van der Waals surface area (Å²) in [4.78, 5) is 29.2. The molecule has 0 aliphatic carbocycles. The Labute approximate surface area is 168 Å². The van der Waals surface area contributed by atoms with Gasteiger partial charge in [-0.25, -0.2) is 4.39 Å². The summed E-state index contributed by atoms with van der Waals surface area (Å²) in [5, 5.41) is 10.2. The number of halogens is 1. The van der Waals surface area contributed by atoms with Crippen molar-refractivity contribution in [2.75, 3.05) is 13.1 Å². The van der Waals surface area contributed by atoms with Gasteiger partial charge in [0.25, 0.3) is 0 Å². The predicted molar refractivity (Wildman–Crippen MR) is 109 cm³/mol. The third-order valence-corrected chi connectivity index (χ3v) is 5.86. The number of amides is 1. The van der Waals surface area contributed by atoms with E-state index in [9.17, 15) is 19.1 Å². The Hall–Kier alpha value is -3.15. The van der Waals surface area contributed by atoms with Crippen molar-refractivity contribution in [3.8, 4) is 11.3 Å². The monoisotopic (exact) mass is 394 g/mol. The van der Waals surface area contributed by atoms with Gasteiger partial charge in [0.2, 0.25) is 5.91 Å². The van der Waals surface area contributed by atoms with Crippen molar-refractivity contribution in [2.24, 2.45) is 5.41 Å². The number of carbonyl (C=O) groups is 2. The molecule has 1 amide bonds. The van der Waals surface area contributed by atoms with Crippen molar-refractivity contribution in [2.45, 2.75) is 26.2 Å². The van der Waals surface area contributed by atoms with Gasteiger partial charge in [0.05, 0.1) is 5.41 Å². The summed E-state index contributed by atoms with van der Waals surface area (Å²) in [5.74, 6) is -1.26. The number of carbonyl (C=O) groups excluding carboxylic acids is 1. The van der Waals surface area contributed by atoms with Gasteiger partial charge in [-0.1, -0.05) is 30.3 Å². The highest BCUT2D eigenvalue weighted by Crippen LogP contribution is 2.33.